The zero-order valence-electron chi connectivity index (χ0n) is 30.5. The quantitative estimate of drug-likeness (QED) is 0.215. The van der Waals surface area contributed by atoms with E-state index in [1.165, 1.54) is 27.2 Å². The van der Waals surface area contributed by atoms with E-state index in [4.69, 9.17) is 33.2 Å². The van der Waals surface area contributed by atoms with Crippen LogP contribution < -0.4 is 0 Å². The van der Waals surface area contributed by atoms with Gasteiger partial charge in [0.2, 0.25) is 0 Å². The van der Waals surface area contributed by atoms with Gasteiger partial charge in [0.25, 0.3) is 0 Å². The molecular formula is C36H60O13. The third-order valence-corrected chi connectivity index (χ3v) is 10.3. The Morgan fingerprint density at radius 3 is 2.24 bits per heavy atom. The van der Waals surface area contributed by atoms with E-state index in [0.717, 1.165) is 0 Å². The maximum Gasteiger partial charge on any atom is 0.330 e. The molecule has 0 aromatic heterocycles. The molecule has 13 nitrogen and oxygen atoms in total. The summed E-state index contributed by atoms with van der Waals surface area (Å²) < 4.78 is 41.1. The monoisotopic (exact) mass is 700 g/mol. The van der Waals surface area contributed by atoms with Gasteiger partial charge in [-0.25, -0.2) is 4.79 Å². The van der Waals surface area contributed by atoms with Crippen LogP contribution in [0.3, 0.4) is 0 Å². The fraction of sp³-hybridized carbons (Fsp3) is 0.833. The fourth-order valence-electron chi connectivity index (χ4n) is 7.03. The summed E-state index contributed by atoms with van der Waals surface area (Å²) in [6.45, 7) is 12.4. The summed E-state index contributed by atoms with van der Waals surface area (Å²) in [4.78, 5) is 26.3. The fourth-order valence-corrected chi connectivity index (χ4v) is 7.03. The van der Waals surface area contributed by atoms with Gasteiger partial charge in [-0.05, 0) is 46.5 Å². The maximum atomic E-state index is 13.2. The second-order valence-electron chi connectivity index (χ2n) is 14.2. The Labute approximate surface area is 290 Å². The number of ketones is 1. The predicted molar refractivity (Wildman–Crippen MR) is 178 cm³/mol. The summed E-state index contributed by atoms with van der Waals surface area (Å²) >= 11 is 0. The van der Waals surface area contributed by atoms with E-state index in [9.17, 15) is 30.0 Å². The highest BCUT2D eigenvalue weighted by molar-refractivity contribution is 5.82. The summed E-state index contributed by atoms with van der Waals surface area (Å²) in [5.41, 5.74) is -1.83. The minimum Gasteiger partial charge on any atom is -0.459 e. The molecule has 0 aromatic carbocycles. The lowest BCUT2D eigenvalue weighted by atomic mass is 9.82. The zero-order valence-corrected chi connectivity index (χ0v) is 30.5. The van der Waals surface area contributed by atoms with Gasteiger partial charge < -0.3 is 53.6 Å². The Kier molecular flexibility index (Phi) is 15.8. The average molecular weight is 701 g/mol. The molecule has 4 N–H and O–H groups in total. The molecule has 2 saturated heterocycles. The Morgan fingerprint density at radius 1 is 0.939 bits per heavy atom. The Bertz CT molecular complexity index is 1110. The minimum atomic E-state index is -1.83. The van der Waals surface area contributed by atoms with Gasteiger partial charge in [-0.3, -0.25) is 4.79 Å². The third kappa shape index (κ3) is 10.6. The number of Topliss-reactive ketones (excluding diaryl/α,β-unsaturated/α-hetero) is 1. The van der Waals surface area contributed by atoms with Crippen molar-refractivity contribution >= 4 is 11.8 Å². The molecule has 2 fully saturated rings. The maximum absolute atomic E-state index is 13.2. The van der Waals surface area contributed by atoms with Crippen LogP contribution in [-0.4, -0.2) is 126 Å². The van der Waals surface area contributed by atoms with Crippen molar-refractivity contribution in [1.82, 2.24) is 0 Å². The summed E-state index contributed by atoms with van der Waals surface area (Å²) in [5, 5.41) is 42.9. The van der Waals surface area contributed by atoms with Crippen LogP contribution in [0.2, 0.25) is 0 Å². The molecular weight excluding hydrogens is 640 g/mol. The Balaban J connectivity index is 1.81. The standard InChI is InChI=1S/C36H60O13/c1-19-14-15-28(39)47-23(5)26(18-45-34-32(44-9)31(43-8)29(40)24(6)48-34)12-10-11-13-27(38)20(2)16-21(3)30(19)49-35-33(41)36(42,25(7)37)17-22(4)46-35/h10,12,14-15,19-26,29-35,37,40-42H,11,13,16-18H2,1-9H3. The lowest BCUT2D eigenvalue weighted by Crippen LogP contribution is -2.63. The molecule has 0 saturated carbocycles. The first-order chi connectivity index (χ1) is 23.0. The van der Waals surface area contributed by atoms with Crippen molar-refractivity contribution in [2.24, 2.45) is 23.7 Å². The van der Waals surface area contributed by atoms with Crippen LogP contribution in [0.5, 0.6) is 0 Å². The molecule has 0 amide bonds. The van der Waals surface area contributed by atoms with Crippen LogP contribution in [0.1, 0.15) is 74.1 Å². The van der Waals surface area contributed by atoms with Crippen molar-refractivity contribution in [2.45, 2.75) is 147 Å². The van der Waals surface area contributed by atoms with E-state index >= 15 is 0 Å². The van der Waals surface area contributed by atoms with Gasteiger partial charge >= 0.3 is 5.97 Å². The van der Waals surface area contributed by atoms with E-state index < -0.39 is 90.9 Å². The van der Waals surface area contributed by atoms with Gasteiger partial charge in [-0.1, -0.05) is 39.0 Å². The van der Waals surface area contributed by atoms with Crippen molar-refractivity contribution in [3.05, 3.63) is 24.3 Å². The molecule has 3 heterocycles. The molecule has 13 heteroatoms. The number of rotatable bonds is 8. The molecule has 16 atom stereocenters. The largest absolute Gasteiger partial charge is 0.459 e. The summed E-state index contributed by atoms with van der Waals surface area (Å²) in [6, 6.07) is 0. The van der Waals surface area contributed by atoms with E-state index in [1.54, 1.807) is 26.8 Å². The molecule has 3 aliphatic heterocycles. The van der Waals surface area contributed by atoms with Crippen molar-refractivity contribution in [1.29, 1.82) is 0 Å². The normalized spacial score (nSPS) is 44.0. The highest BCUT2D eigenvalue weighted by Crippen LogP contribution is 2.36. The second kappa shape index (κ2) is 18.6. The molecule has 0 aromatic rings. The topological polar surface area (TPSA) is 180 Å². The molecule has 3 aliphatic rings. The molecule has 16 unspecified atom stereocenters. The number of methoxy groups -OCH3 is 2. The van der Waals surface area contributed by atoms with E-state index in [-0.39, 0.29) is 30.6 Å². The van der Waals surface area contributed by atoms with Gasteiger partial charge in [-0.2, -0.15) is 0 Å². The SMILES string of the molecule is COC1C(OCC2C=CCCC(=O)C(C)CC(C)C(OC3OC(C)CC(O)(C(C)O)C3O)C(C)C=CC(=O)OC2C)OC(C)C(O)C1OC. The molecule has 0 radical (unpaired) electrons. The van der Waals surface area contributed by atoms with Crippen LogP contribution in [0, 0.1) is 23.7 Å². The lowest BCUT2D eigenvalue weighted by molar-refractivity contribution is -0.322. The lowest BCUT2D eigenvalue weighted by Gasteiger charge is -2.47. The van der Waals surface area contributed by atoms with E-state index in [0.29, 0.717) is 19.3 Å². The molecule has 0 bridgehead atoms. The Hall–Kier alpha value is -1.78. The van der Waals surface area contributed by atoms with Crippen LogP contribution in [0.25, 0.3) is 0 Å². The zero-order chi connectivity index (χ0) is 36.6. The number of hydrogen-bond acceptors (Lipinski definition) is 13. The number of allylic oxidation sites excluding steroid dienone is 1. The number of carbonyl (C=O) groups excluding carboxylic acids is 2. The van der Waals surface area contributed by atoms with Crippen LogP contribution in [0.15, 0.2) is 24.3 Å². The number of esters is 1. The molecule has 282 valence electrons. The van der Waals surface area contributed by atoms with Crippen molar-refractivity contribution in [3.63, 3.8) is 0 Å². The van der Waals surface area contributed by atoms with Crippen LogP contribution in [-0.2, 0) is 42.7 Å². The first-order valence-corrected chi connectivity index (χ1v) is 17.5. The summed E-state index contributed by atoms with van der Waals surface area (Å²) in [6.07, 6.45) is -1.47. The van der Waals surface area contributed by atoms with Gasteiger partial charge in [-0.15, -0.1) is 0 Å². The minimum absolute atomic E-state index is 0.0218. The molecule has 0 spiro atoms. The van der Waals surface area contributed by atoms with Gasteiger partial charge in [0.1, 0.15) is 41.9 Å². The first-order valence-electron chi connectivity index (χ1n) is 17.5. The van der Waals surface area contributed by atoms with Crippen LogP contribution >= 0.6 is 0 Å². The number of aliphatic hydroxyl groups excluding tert-OH is 3. The highest BCUT2D eigenvalue weighted by Gasteiger charge is 2.52. The number of cyclic esters (lactones) is 1. The number of ether oxygens (including phenoxy) is 7. The number of hydrogen-bond donors (Lipinski definition) is 4. The molecule has 3 rings (SSSR count). The smallest absolute Gasteiger partial charge is 0.330 e. The number of aliphatic hydroxyl groups is 4. The van der Waals surface area contributed by atoms with Gasteiger partial charge in [0.05, 0.1) is 31.0 Å². The second-order valence-corrected chi connectivity index (χ2v) is 14.2. The average Bonchev–Trinajstić information content (AvgIpc) is 3.04. The first kappa shape index (κ1) is 41.6. The molecule has 0 aliphatic carbocycles. The highest BCUT2D eigenvalue weighted by atomic mass is 16.7. The predicted octanol–water partition coefficient (Wildman–Crippen LogP) is 2.45. The van der Waals surface area contributed by atoms with Gasteiger partial charge in [0.15, 0.2) is 12.6 Å². The van der Waals surface area contributed by atoms with Gasteiger partial charge in [0, 0.05) is 50.9 Å². The van der Waals surface area contributed by atoms with Crippen LogP contribution in [0.4, 0.5) is 0 Å². The van der Waals surface area contributed by atoms with E-state index in [1.807, 2.05) is 32.9 Å². The summed E-state index contributed by atoms with van der Waals surface area (Å²) in [7, 11) is 2.97. The van der Waals surface area contributed by atoms with Crippen molar-refractivity contribution < 1.29 is 63.2 Å². The third-order valence-electron chi connectivity index (χ3n) is 10.3. The number of carbonyl (C=O) groups is 2. The Morgan fingerprint density at radius 2 is 1.61 bits per heavy atom. The van der Waals surface area contributed by atoms with E-state index in [2.05, 4.69) is 0 Å². The molecule has 49 heavy (non-hydrogen) atoms. The van der Waals surface area contributed by atoms with Crippen molar-refractivity contribution in [3.8, 4) is 0 Å². The summed E-state index contributed by atoms with van der Waals surface area (Å²) in [5.74, 6) is -1.82. The van der Waals surface area contributed by atoms with Crippen molar-refractivity contribution in [2.75, 3.05) is 20.8 Å².